The van der Waals surface area contributed by atoms with Gasteiger partial charge in [-0.3, -0.25) is 4.79 Å². The smallest absolute Gasteiger partial charge is 0.184 e. The monoisotopic (exact) mass is 358 g/mol. The lowest BCUT2D eigenvalue weighted by molar-refractivity contribution is -0.113. The number of hydrogen-bond donors (Lipinski definition) is 1. The number of benzene rings is 2. The van der Waals surface area contributed by atoms with E-state index in [1.54, 1.807) is 0 Å². The molecule has 0 spiro atoms. The first-order valence-electron chi connectivity index (χ1n) is 9.78. The van der Waals surface area contributed by atoms with E-state index >= 15 is 0 Å². The first-order chi connectivity index (χ1) is 13.0. The van der Waals surface area contributed by atoms with E-state index in [0.29, 0.717) is 6.42 Å². The van der Waals surface area contributed by atoms with Crippen molar-refractivity contribution in [2.75, 3.05) is 0 Å². The molecular weight excluding hydrogens is 332 g/mol. The van der Waals surface area contributed by atoms with Gasteiger partial charge in [0.25, 0.3) is 0 Å². The number of aliphatic hydroxyl groups excluding tert-OH is 1. The van der Waals surface area contributed by atoms with Crippen molar-refractivity contribution >= 4 is 11.9 Å². The fraction of sp³-hybridized carbons (Fsp3) is 0.320. The van der Waals surface area contributed by atoms with Crippen LogP contribution < -0.4 is 0 Å². The lowest BCUT2D eigenvalue weighted by Crippen LogP contribution is -2.42. The molecule has 138 valence electrons. The summed E-state index contributed by atoms with van der Waals surface area (Å²) in [5.74, 6) is 0.142. The minimum absolute atomic E-state index is 0.142. The summed E-state index contributed by atoms with van der Waals surface area (Å²) < 4.78 is 0. The van der Waals surface area contributed by atoms with Crippen molar-refractivity contribution in [1.29, 1.82) is 0 Å². The molecule has 2 aromatic rings. The number of rotatable bonds is 2. The molecule has 2 aromatic carbocycles. The maximum Gasteiger partial charge on any atom is 0.184 e. The summed E-state index contributed by atoms with van der Waals surface area (Å²) in [5, 5.41) is 10.6. The van der Waals surface area contributed by atoms with Crippen LogP contribution in [0.3, 0.4) is 0 Å². The van der Waals surface area contributed by atoms with Crippen molar-refractivity contribution in [1.82, 2.24) is 0 Å². The molecule has 1 N–H and O–H groups in total. The summed E-state index contributed by atoms with van der Waals surface area (Å²) in [5.41, 5.74) is 5.91. The van der Waals surface area contributed by atoms with Gasteiger partial charge in [-0.05, 0) is 60.9 Å². The Kier molecular flexibility index (Phi) is 4.61. The molecule has 0 bridgehead atoms. The zero-order valence-corrected chi connectivity index (χ0v) is 16.0. The third-order valence-corrected chi connectivity index (χ3v) is 6.33. The summed E-state index contributed by atoms with van der Waals surface area (Å²) in [4.78, 5) is 12.9. The molecule has 0 saturated heterocycles. The topological polar surface area (TPSA) is 37.3 Å². The SMILES string of the molecule is CC1=C2CCC[C@H](O)[C@@]2(C)C/C(=C\c2ccc(-c3ccccc3)cc2)C1=O. The van der Waals surface area contributed by atoms with Gasteiger partial charge in [0.15, 0.2) is 5.78 Å². The molecule has 2 aliphatic carbocycles. The van der Waals surface area contributed by atoms with Crippen LogP contribution in [0.15, 0.2) is 71.3 Å². The first-order valence-corrected chi connectivity index (χ1v) is 9.78. The van der Waals surface area contributed by atoms with E-state index in [2.05, 4.69) is 43.3 Å². The molecule has 2 atom stereocenters. The maximum absolute atomic E-state index is 12.9. The number of carbonyl (C=O) groups excluding carboxylic acids is 1. The van der Waals surface area contributed by atoms with Gasteiger partial charge >= 0.3 is 0 Å². The van der Waals surface area contributed by atoms with Crippen LogP contribution in [0.1, 0.15) is 45.1 Å². The standard InChI is InChI=1S/C25H26O2/c1-17-22-9-6-10-23(26)25(22,2)16-21(24(17)27)15-18-11-13-20(14-12-18)19-7-4-3-5-8-19/h3-5,7-8,11-15,23,26H,6,9-10,16H2,1-2H3/b21-15+/t23-,25-/m0/s1. The van der Waals surface area contributed by atoms with E-state index in [9.17, 15) is 9.90 Å². The lowest BCUT2D eigenvalue weighted by atomic mass is 9.61. The van der Waals surface area contributed by atoms with Gasteiger partial charge in [-0.1, -0.05) is 67.1 Å². The van der Waals surface area contributed by atoms with Gasteiger partial charge in [-0.15, -0.1) is 0 Å². The summed E-state index contributed by atoms with van der Waals surface area (Å²) >= 11 is 0. The number of hydrogen-bond acceptors (Lipinski definition) is 2. The second-order valence-electron chi connectivity index (χ2n) is 8.09. The molecule has 0 unspecified atom stereocenters. The molecule has 0 amide bonds. The Morgan fingerprint density at radius 2 is 1.70 bits per heavy atom. The van der Waals surface area contributed by atoms with Crippen molar-refractivity contribution in [2.24, 2.45) is 5.41 Å². The molecule has 0 heterocycles. The summed E-state index contributed by atoms with van der Waals surface area (Å²) in [6.45, 7) is 4.05. The Hall–Kier alpha value is -2.45. The molecule has 4 rings (SSSR count). The van der Waals surface area contributed by atoms with Crippen LogP contribution in [0.5, 0.6) is 0 Å². The molecule has 27 heavy (non-hydrogen) atoms. The highest BCUT2D eigenvalue weighted by Crippen LogP contribution is 2.50. The molecule has 2 heteroatoms. The number of Topliss-reactive ketones (excluding diaryl/α,β-unsaturated/α-hetero) is 1. The molecule has 0 aliphatic heterocycles. The number of ketones is 1. The molecule has 0 radical (unpaired) electrons. The van der Waals surface area contributed by atoms with Gasteiger partial charge in [0.2, 0.25) is 0 Å². The van der Waals surface area contributed by atoms with Gasteiger partial charge in [0.05, 0.1) is 6.10 Å². The molecule has 2 aliphatic rings. The molecule has 1 saturated carbocycles. The zero-order chi connectivity index (χ0) is 19.0. The number of allylic oxidation sites excluding steroid dienone is 2. The van der Waals surface area contributed by atoms with E-state index in [1.807, 2.05) is 31.2 Å². The highest BCUT2D eigenvalue weighted by Gasteiger charge is 2.45. The quantitative estimate of drug-likeness (QED) is 0.712. The average molecular weight is 358 g/mol. The van der Waals surface area contributed by atoms with Crippen molar-refractivity contribution in [2.45, 2.75) is 45.6 Å². The third-order valence-electron chi connectivity index (χ3n) is 6.33. The number of fused-ring (bicyclic) bond motifs is 1. The minimum Gasteiger partial charge on any atom is -0.392 e. The first kappa shape index (κ1) is 17.9. The molecule has 2 nitrogen and oxygen atoms in total. The molecule has 0 aromatic heterocycles. The van der Waals surface area contributed by atoms with Crippen molar-refractivity contribution in [3.63, 3.8) is 0 Å². The van der Waals surface area contributed by atoms with Crippen LogP contribution in [0.25, 0.3) is 17.2 Å². The fourth-order valence-corrected chi connectivity index (χ4v) is 4.69. The Balaban J connectivity index is 1.66. The second kappa shape index (κ2) is 6.94. The van der Waals surface area contributed by atoms with E-state index in [4.69, 9.17) is 0 Å². The average Bonchev–Trinajstić information content (AvgIpc) is 2.69. The van der Waals surface area contributed by atoms with Crippen LogP contribution in [0.2, 0.25) is 0 Å². The van der Waals surface area contributed by atoms with Crippen LogP contribution in [-0.2, 0) is 4.79 Å². The van der Waals surface area contributed by atoms with Crippen LogP contribution >= 0.6 is 0 Å². The predicted molar refractivity (Wildman–Crippen MR) is 110 cm³/mol. The summed E-state index contributed by atoms with van der Waals surface area (Å²) in [6.07, 6.45) is 4.99. The van der Waals surface area contributed by atoms with E-state index in [0.717, 1.165) is 36.0 Å². The van der Waals surface area contributed by atoms with Gasteiger partial charge in [0.1, 0.15) is 0 Å². The summed E-state index contributed by atoms with van der Waals surface area (Å²) in [6, 6.07) is 18.6. The van der Waals surface area contributed by atoms with Gasteiger partial charge in [-0.25, -0.2) is 0 Å². The van der Waals surface area contributed by atoms with E-state index in [-0.39, 0.29) is 17.3 Å². The maximum atomic E-state index is 12.9. The number of carbonyl (C=O) groups is 1. The highest BCUT2D eigenvalue weighted by atomic mass is 16.3. The van der Waals surface area contributed by atoms with Crippen molar-refractivity contribution < 1.29 is 9.90 Å². The third kappa shape index (κ3) is 3.19. The van der Waals surface area contributed by atoms with E-state index in [1.165, 1.54) is 16.7 Å². The normalized spacial score (nSPS) is 27.0. The van der Waals surface area contributed by atoms with Crippen LogP contribution in [-0.4, -0.2) is 17.0 Å². The zero-order valence-electron chi connectivity index (χ0n) is 16.0. The van der Waals surface area contributed by atoms with Gasteiger partial charge < -0.3 is 5.11 Å². The Labute approximate surface area is 161 Å². The highest BCUT2D eigenvalue weighted by molar-refractivity contribution is 6.12. The Morgan fingerprint density at radius 3 is 2.41 bits per heavy atom. The predicted octanol–water partition coefficient (Wildman–Crippen LogP) is 5.58. The van der Waals surface area contributed by atoms with Gasteiger partial charge in [0, 0.05) is 11.0 Å². The van der Waals surface area contributed by atoms with Crippen LogP contribution in [0, 0.1) is 5.41 Å². The lowest BCUT2D eigenvalue weighted by Gasteiger charge is -2.45. The Bertz CT molecular complexity index is 919. The second-order valence-corrected chi connectivity index (χ2v) is 8.09. The van der Waals surface area contributed by atoms with Crippen molar-refractivity contribution in [3.8, 4) is 11.1 Å². The van der Waals surface area contributed by atoms with Gasteiger partial charge in [-0.2, -0.15) is 0 Å². The minimum atomic E-state index is -0.367. The van der Waals surface area contributed by atoms with E-state index < -0.39 is 0 Å². The Morgan fingerprint density at radius 1 is 1.04 bits per heavy atom. The summed E-state index contributed by atoms with van der Waals surface area (Å²) in [7, 11) is 0. The fourth-order valence-electron chi connectivity index (χ4n) is 4.69. The van der Waals surface area contributed by atoms with Crippen molar-refractivity contribution in [3.05, 3.63) is 76.9 Å². The largest absolute Gasteiger partial charge is 0.392 e. The number of aliphatic hydroxyl groups is 1. The molecular formula is C25H26O2. The molecule has 1 fully saturated rings. The van der Waals surface area contributed by atoms with Crippen LogP contribution in [0.4, 0.5) is 0 Å².